The maximum atomic E-state index is 12.0. The molecule has 2 aromatic heterocycles. The van der Waals surface area contributed by atoms with Crippen LogP contribution in [0.15, 0.2) is 18.5 Å². The Morgan fingerprint density at radius 1 is 1.38 bits per heavy atom. The van der Waals surface area contributed by atoms with Gasteiger partial charge in [-0.2, -0.15) is 0 Å². The lowest BCUT2D eigenvalue weighted by atomic mass is 9.90. The van der Waals surface area contributed by atoms with E-state index in [1.165, 1.54) is 6.20 Å². The van der Waals surface area contributed by atoms with Crippen LogP contribution in [0.3, 0.4) is 0 Å². The van der Waals surface area contributed by atoms with Crippen molar-refractivity contribution in [2.75, 3.05) is 7.05 Å². The molecule has 0 saturated carbocycles. The number of fused-ring (bicyclic) bond motifs is 1. The monoisotopic (exact) mass is 343 g/mol. The maximum Gasteiger partial charge on any atom is 0.337 e. The zero-order chi connectivity index (χ0) is 17.1. The van der Waals surface area contributed by atoms with E-state index in [0.717, 1.165) is 34.8 Å². The number of aryl methyl sites for hydroxylation is 1. The third kappa shape index (κ3) is 3.35. The van der Waals surface area contributed by atoms with Gasteiger partial charge in [0.2, 0.25) is 5.91 Å². The van der Waals surface area contributed by atoms with Crippen molar-refractivity contribution in [3.05, 3.63) is 45.2 Å². The van der Waals surface area contributed by atoms with Crippen molar-refractivity contribution >= 4 is 35.4 Å². The smallest absolute Gasteiger partial charge is 0.337 e. The Kier molecular flexibility index (Phi) is 4.71. The quantitative estimate of drug-likeness (QED) is 0.890. The molecule has 3 rings (SSSR count). The number of thiazole rings is 1. The first kappa shape index (κ1) is 16.3. The lowest BCUT2D eigenvalue weighted by Crippen LogP contribution is -2.28. The first-order chi connectivity index (χ1) is 11.6. The lowest BCUT2D eigenvalue weighted by Gasteiger charge is -2.19. The number of hydrogen-bond acceptors (Lipinski definition) is 5. The maximum absolute atomic E-state index is 12.0. The third-order valence-corrected chi connectivity index (χ3v) is 5.05. The Hall–Kier alpha value is -2.54. The number of aromatic nitrogens is 2. The van der Waals surface area contributed by atoms with Crippen LogP contribution in [-0.4, -0.2) is 34.0 Å². The zero-order valence-corrected chi connectivity index (χ0v) is 14.0. The van der Waals surface area contributed by atoms with Crippen molar-refractivity contribution in [3.63, 3.8) is 0 Å². The first-order valence-corrected chi connectivity index (χ1v) is 8.47. The van der Waals surface area contributed by atoms with Crippen LogP contribution < -0.4 is 5.32 Å². The second kappa shape index (κ2) is 6.92. The zero-order valence-electron chi connectivity index (χ0n) is 13.2. The van der Waals surface area contributed by atoms with Gasteiger partial charge in [0.05, 0.1) is 17.2 Å². The molecule has 2 aromatic rings. The summed E-state index contributed by atoms with van der Waals surface area (Å²) in [7, 11) is 1.65. The highest BCUT2D eigenvalue weighted by Crippen LogP contribution is 2.35. The fourth-order valence-corrected chi connectivity index (χ4v) is 3.84. The number of likely N-dealkylation sites (N-methyl/N-ethyl adjacent to an activating group) is 1. The number of carboxylic acid groups (broad SMARTS) is 1. The fraction of sp³-hybridized carbons (Fsp3) is 0.294. The third-order valence-electron chi connectivity index (χ3n) is 3.96. The number of hydrogen-bond donors (Lipinski definition) is 2. The summed E-state index contributed by atoms with van der Waals surface area (Å²) in [6.45, 7) is 0. The fourth-order valence-electron chi connectivity index (χ4n) is 2.77. The van der Waals surface area contributed by atoms with Crippen LogP contribution in [0.25, 0.3) is 12.2 Å². The molecule has 2 N–H and O–H groups in total. The number of carbonyl (C=O) groups is 2. The Balaban J connectivity index is 1.84. The van der Waals surface area contributed by atoms with Crippen molar-refractivity contribution in [3.8, 4) is 0 Å². The molecule has 1 aliphatic carbocycles. The summed E-state index contributed by atoms with van der Waals surface area (Å²) >= 11 is 1.58. The minimum absolute atomic E-state index is 0.00939. The summed E-state index contributed by atoms with van der Waals surface area (Å²) in [6.07, 6.45) is 9.31. The molecule has 6 nitrogen and oxygen atoms in total. The van der Waals surface area contributed by atoms with Crippen LogP contribution in [-0.2, 0) is 11.2 Å². The van der Waals surface area contributed by atoms with Gasteiger partial charge in [0.25, 0.3) is 0 Å². The van der Waals surface area contributed by atoms with Crippen LogP contribution in [0.5, 0.6) is 0 Å². The highest BCUT2D eigenvalue weighted by molar-refractivity contribution is 7.12. The molecule has 1 unspecified atom stereocenters. The van der Waals surface area contributed by atoms with E-state index in [2.05, 4.69) is 15.3 Å². The summed E-state index contributed by atoms with van der Waals surface area (Å²) in [5, 5.41) is 12.5. The second-order valence-electron chi connectivity index (χ2n) is 5.57. The number of amides is 1. The number of carboxylic acids is 1. The molecule has 0 saturated heterocycles. The molecule has 1 atom stereocenters. The predicted molar refractivity (Wildman–Crippen MR) is 92.0 cm³/mol. The number of nitrogens with one attached hydrogen (secondary N) is 1. The molecule has 2 heterocycles. The molecule has 0 bridgehead atoms. The summed E-state index contributed by atoms with van der Waals surface area (Å²) < 4.78 is 0. The SMILES string of the molecule is CNC(=O)C1CCCc2sc(/C=C/c3cncc(C(=O)O)c3)nc21. The van der Waals surface area contributed by atoms with Gasteiger partial charge in [0, 0.05) is 24.3 Å². The van der Waals surface area contributed by atoms with E-state index < -0.39 is 5.97 Å². The Labute approximate surface area is 143 Å². The molecule has 0 fully saturated rings. The van der Waals surface area contributed by atoms with Crippen molar-refractivity contribution in [2.45, 2.75) is 25.2 Å². The highest BCUT2D eigenvalue weighted by atomic mass is 32.1. The summed E-state index contributed by atoms with van der Waals surface area (Å²) in [4.78, 5) is 32.7. The molecule has 1 amide bonds. The van der Waals surface area contributed by atoms with E-state index in [1.54, 1.807) is 36.7 Å². The predicted octanol–water partition coefficient (Wildman–Crippen LogP) is 2.57. The van der Waals surface area contributed by atoms with E-state index in [1.807, 2.05) is 6.08 Å². The van der Waals surface area contributed by atoms with Crippen LogP contribution >= 0.6 is 11.3 Å². The van der Waals surface area contributed by atoms with Gasteiger partial charge in [0.15, 0.2) is 0 Å². The molecule has 1 aliphatic rings. The number of nitrogens with zero attached hydrogens (tertiary/aromatic N) is 2. The van der Waals surface area contributed by atoms with E-state index in [4.69, 9.17) is 5.11 Å². The summed E-state index contributed by atoms with van der Waals surface area (Å²) in [6, 6.07) is 1.56. The van der Waals surface area contributed by atoms with Crippen LogP contribution in [0.2, 0.25) is 0 Å². The Morgan fingerprint density at radius 2 is 2.21 bits per heavy atom. The molecule has 24 heavy (non-hydrogen) atoms. The lowest BCUT2D eigenvalue weighted by molar-refractivity contribution is -0.122. The van der Waals surface area contributed by atoms with Gasteiger partial charge < -0.3 is 10.4 Å². The van der Waals surface area contributed by atoms with Gasteiger partial charge in [-0.15, -0.1) is 11.3 Å². The van der Waals surface area contributed by atoms with Crippen molar-refractivity contribution < 1.29 is 14.7 Å². The largest absolute Gasteiger partial charge is 0.478 e. The molecule has 0 aliphatic heterocycles. The molecular formula is C17H17N3O3S. The molecule has 7 heteroatoms. The molecular weight excluding hydrogens is 326 g/mol. The standard InChI is InChI=1S/C17H17N3O3S/c1-18-16(21)12-3-2-4-13-15(12)20-14(24-13)6-5-10-7-11(17(22)23)9-19-8-10/h5-9,12H,2-4H2,1H3,(H,18,21)(H,22,23)/b6-5+. The van der Waals surface area contributed by atoms with E-state index >= 15 is 0 Å². The van der Waals surface area contributed by atoms with E-state index in [0.29, 0.717) is 5.56 Å². The Morgan fingerprint density at radius 3 is 2.96 bits per heavy atom. The average molecular weight is 343 g/mol. The van der Waals surface area contributed by atoms with Crippen LogP contribution in [0.4, 0.5) is 0 Å². The molecule has 124 valence electrons. The average Bonchev–Trinajstić information content (AvgIpc) is 3.02. The van der Waals surface area contributed by atoms with E-state index in [9.17, 15) is 9.59 Å². The minimum atomic E-state index is -1.00. The first-order valence-electron chi connectivity index (χ1n) is 7.66. The van der Waals surface area contributed by atoms with Gasteiger partial charge in [-0.25, -0.2) is 9.78 Å². The minimum Gasteiger partial charge on any atom is -0.478 e. The van der Waals surface area contributed by atoms with Crippen molar-refractivity contribution in [2.24, 2.45) is 0 Å². The van der Waals surface area contributed by atoms with Crippen molar-refractivity contribution in [1.82, 2.24) is 15.3 Å². The van der Waals surface area contributed by atoms with E-state index in [-0.39, 0.29) is 17.4 Å². The number of aromatic carboxylic acids is 1. The number of carbonyl (C=O) groups excluding carboxylic acids is 1. The highest BCUT2D eigenvalue weighted by Gasteiger charge is 2.29. The van der Waals surface area contributed by atoms with Gasteiger partial charge in [-0.05, 0) is 37.0 Å². The van der Waals surface area contributed by atoms with Gasteiger partial charge in [0.1, 0.15) is 5.01 Å². The van der Waals surface area contributed by atoms with Crippen LogP contribution in [0.1, 0.15) is 50.3 Å². The number of pyridine rings is 1. The van der Waals surface area contributed by atoms with Gasteiger partial charge in [-0.1, -0.05) is 6.08 Å². The summed E-state index contributed by atoms with van der Waals surface area (Å²) in [5.41, 5.74) is 1.73. The molecule has 0 spiro atoms. The topological polar surface area (TPSA) is 92.2 Å². The van der Waals surface area contributed by atoms with Gasteiger partial charge in [-0.3, -0.25) is 9.78 Å². The number of rotatable bonds is 4. The normalized spacial score (nSPS) is 16.8. The summed E-state index contributed by atoms with van der Waals surface area (Å²) in [5.74, 6) is -1.17. The van der Waals surface area contributed by atoms with Gasteiger partial charge >= 0.3 is 5.97 Å². The Bertz CT molecular complexity index is 813. The van der Waals surface area contributed by atoms with Crippen molar-refractivity contribution in [1.29, 1.82) is 0 Å². The van der Waals surface area contributed by atoms with Crippen LogP contribution in [0, 0.1) is 0 Å². The second-order valence-corrected chi connectivity index (χ2v) is 6.68. The molecule has 0 aromatic carbocycles. The molecule has 0 radical (unpaired) electrons.